The van der Waals surface area contributed by atoms with E-state index in [-0.39, 0.29) is 6.10 Å². The molecule has 0 saturated heterocycles. The molecule has 2 aromatic heterocycles. The van der Waals surface area contributed by atoms with Gasteiger partial charge in [-0.1, -0.05) is 6.07 Å². The fourth-order valence-corrected chi connectivity index (χ4v) is 1.34. The minimum absolute atomic E-state index is 0.353. The lowest BCUT2D eigenvalue weighted by atomic mass is 10.4. The maximum absolute atomic E-state index is 9.15. The van der Waals surface area contributed by atoms with Crippen molar-refractivity contribution in [2.24, 2.45) is 0 Å². The third kappa shape index (κ3) is 1.70. The third-order valence-electron chi connectivity index (χ3n) is 2.01. The Morgan fingerprint density at radius 1 is 1.57 bits per heavy atom. The molecule has 1 unspecified atom stereocenters. The van der Waals surface area contributed by atoms with Gasteiger partial charge in [0.25, 0.3) is 0 Å². The van der Waals surface area contributed by atoms with E-state index < -0.39 is 0 Å². The van der Waals surface area contributed by atoms with Crippen LogP contribution in [0, 0.1) is 0 Å². The number of imidazole rings is 1. The van der Waals surface area contributed by atoms with E-state index in [1.165, 1.54) is 0 Å². The van der Waals surface area contributed by atoms with Crippen molar-refractivity contribution in [1.29, 1.82) is 0 Å². The van der Waals surface area contributed by atoms with E-state index >= 15 is 0 Å². The molecule has 2 rings (SSSR count). The lowest BCUT2D eigenvalue weighted by Crippen LogP contribution is -2.16. The Labute approximate surface area is 82.2 Å². The zero-order valence-electron chi connectivity index (χ0n) is 8.01. The summed E-state index contributed by atoms with van der Waals surface area (Å²) in [6, 6.07) is 5.83. The molecule has 2 heterocycles. The van der Waals surface area contributed by atoms with Gasteiger partial charge in [-0.2, -0.15) is 0 Å². The first-order valence-corrected chi connectivity index (χ1v) is 4.61. The maximum Gasteiger partial charge on any atom is 0.138 e. The molecule has 74 valence electrons. The van der Waals surface area contributed by atoms with Crippen LogP contribution in [0.4, 0.5) is 5.82 Å². The summed E-state index contributed by atoms with van der Waals surface area (Å²) in [6.45, 7) is 2.29. The minimum atomic E-state index is -0.353. The Bertz CT molecular complexity index is 422. The van der Waals surface area contributed by atoms with E-state index in [0.29, 0.717) is 6.54 Å². The van der Waals surface area contributed by atoms with Crippen LogP contribution >= 0.6 is 0 Å². The van der Waals surface area contributed by atoms with Gasteiger partial charge in [0, 0.05) is 18.9 Å². The molecule has 0 radical (unpaired) electrons. The number of fused-ring (bicyclic) bond motifs is 1. The van der Waals surface area contributed by atoms with Gasteiger partial charge < -0.3 is 10.4 Å². The van der Waals surface area contributed by atoms with Gasteiger partial charge in [-0.05, 0) is 19.1 Å². The number of aliphatic hydroxyl groups excluding tert-OH is 1. The Morgan fingerprint density at radius 2 is 2.43 bits per heavy atom. The van der Waals surface area contributed by atoms with Crippen LogP contribution in [-0.4, -0.2) is 27.1 Å². The summed E-state index contributed by atoms with van der Waals surface area (Å²) in [7, 11) is 0. The Hall–Kier alpha value is -1.55. The predicted molar refractivity (Wildman–Crippen MR) is 55.4 cm³/mol. The summed E-state index contributed by atoms with van der Waals surface area (Å²) in [6.07, 6.45) is 3.29. The first kappa shape index (κ1) is 9.02. The average Bonchev–Trinajstić information content (AvgIpc) is 2.62. The van der Waals surface area contributed by atoms with Crippen molar-refractivity contribution in [3.05, 3.63) is 30.6 Å². The molecular weight excluding hydrogens is 178 g/mol. The zero-order valence-corrected chi connectivity index (χ0v) is 8.01. The number of anilines is 1. The van der Waals surface area contributed by atoms with E-state index in [1.807, 2.05) is 28.8 Å². The number of hydrogen-bond acceptors (Lipinski definition) is 3. The van der Waals surface area contributed by atoms with Crippen molar-refractivity contribution >= 4 is 11.5 Å². The molecule has 4 heteroatoms. The van der Waals surface area contributed by atoms with E-state index in [9.17, 15) is 0 Å². The lowest BCUT2D eigenvalue weighted by Gasteiger charge is -2.09. The maximum atomic E-state index is 9.15. The van der Waals surface area contributed by atoms with Crippen LogP contribution < -0.4 is 5.32 Å². The number of nitrogens with zero attached hydrogens (tertiary/aromatic N) is 2. The highest BCUT2D eigenvalue weighted by Gasteiger charge is 2.00. The summed E-state index contributed by atoms with van der Waals surface area (Å²) in [5.41, 5.74) is 0.903. The predicted octanol–water partition coefficient (Wildman–Crippen LogP) is 1.13. The van der Waals surface area contributed by atoms with Gasteiger partial charge in [0.15, 0.2) is 0 Å². The molecule has 4 nitrogen and oxygen atoms in total. The van der Waals surface area contributed by atoms with Crippen molar-refractivity contribution in [2.45, 2.75) is 13.0 Å². The fourth-order valence-electron chi connectivity index (χ4n) is 1.34. The first-order chi connectivity index (χ1) is 6.77. The smallest absolute Gasteiger partial charge is 0.138 e. The molecule has 2 aromatic rings. The lowest BCUT2D eigenvalue weighted by molar-refractivity contribution is 0.208. The molecule has 0 aliphatic carbocycles. The second-order valence-corrected chi connectivity index (χ2v) is 3.30. The minimum Gasteiger partial charge on any atom is -0.392 e. The van der Waals surface area contributed by atoms with Gasteiger partial charge in [-0.15, -0.1) is 0 Å². The molecule has 0 spiro atoms. The monoisotopic (exact) mass is 191 g/mol. The standard InChI is InChI=1S/C10H13N3O/c1-8(14)7-12-10-4-2-3-9-11-5-6-13(9)10/h2-6,8,12,14H,7H2,1H3. The normalized spacial score (nSPS) is 13.0. The second kappa shape index (κ2) is 3.67. The molecule has 0 aromatic carbocycles. The van der Waals surface area contributed by atoms with Crippen molar-refractivity contribution in [3.63, 3.8) is 0 Å². The summed E-state index contributed by atoms with van der Waals surface area (Å²) >= 11 is 0. The molecule has 2 N–H and O–H groups in total. The highest BCUT2D eigenvalue weighted by molar-refractivity contribution is 5.49. The number of rotatable bonds is 3. The Morgan fingerprint density at radius 3 is 3.21 bits per heavy atom. The molecule has 0 bridgehead atoms. The molecule has 0 saturated carbocycles. The fraction of sp³-hybridized carbons (Fsp3) is 0.300. The highest BCUT2D eigenvalue weighted by Crippen LogP contribution is 2.10. The summed E-state index contributed by atoms with van der Waals surface area (Å²) in [5.74, 6) is 0.945. The quantitative estimate of drug-likeness (QED) is 0.764. The van der Waals surface area contributed by atoms with Crippen molar-refractivity contribution in [2.75, 3.05) is 11.9 Å². The van der Waals surface area contributed by atoms with Crippen LogP contribution in [0.1, 0.15) is 6.92 Å². The van der Waals surface area contributed by atoms with Gasteiger partial charge >= 0.3 is 0 Å². The van der Waals surface area contributed by atoms with Crippen molar-refractivity contribution in [1.82, 2.24) is 9.38 Å². The number of nitrogens with one attached hydrogen (secondary N) is 1. The van der Waals surface area contributed by atoms with Crippen LogP contribution in [0.15, 0.2) is 30.6 Å². The number of pyridine rings is 1. The van der Waals surface area contributed by atoms with Crippen molar-refractivity contribution in [3.8, 4) is 0 Å². The average molecular weight is 191 g/mol. The molecular formula is C10H13N3O. The SMILES string of the molecule is CC(O)CNc1cccc2nccn12. The summed E-state index contributed by atoms with van der Waals surface area (Å²) in [5, 5.41) is 12.3. The van der Waals surface area contributed by atoms with Crippen LogP contribution in [0.5, 0.6) is 0 Å². The summed E-state index contributed by atoms with van der Waals surface area (Å²) in [4.78, 5) is 4.17. The molecule has 0 aliphatic heterocycles. The van der Waals surface area contributed by atoms with Gasteiger partial charge in [0.05, 0.1) is 6.10 Å². The van der Waals surface area contributed by atoms with Crippen molar-refractivity contribution < 1.29 is 5.11 Å². The van der Waals surface area contributed by atoms with E-state index in [1.54, 1.807) is 13.1 Å². The molecule has 0 aliphatic rings. The number of aliphatic hydroxyl groups is 1. The van der Waals surface area contributed by atoms with Gasteiger partial charge in [0.1, 0.15) is 11.5 Å². The first-order valence-electron chi connectivity index (χ1n) is 4.61. The van der Waals surface area contributed by atoms with Crippen LogP contribution in [-0.2, 0) is 0 Å². The van der Waals surface area contributed by atoms with Crippen LogP contribution in [0.3, 0.4) is 0 Å². The second-order valence-electron chi connectivity index (χ2n) is 3.30. The van der Waals surface area contributed by atoms with Crippen LogP contribution in [0.25, 0.3) is 5.65 Å². The number of hydrogen-bond donors (Lipinski definition) is 2. The molecule has 14 heavy (non-hydrogen) atoms. The van der Waals surface area contributed by atoms with E-state index in [0.717, 1.165) is 11.5 Å². The molecule has 0 amide bonds. The van der Waals surface area contributed by atoms with Gasteiger partial charge in [-0.3, -0.25) is 4.40 Å². The van der Waals surface area contributed by atoms with Gasteiger partial charge in [-0.25, -0.2) is 4.98 Å². The topological polar surface area (TPSA) is 49.6 Å². The number of aromatic nitrogens is 2. The largest absolute Gasteiger partial charge is 0.392 e. The van der Waals surface area contributed by atoms with E-state index in [2.05, 4.69) is 10.3 Å². The summed E-state index contributed by atoms with van der Waals surface area (Å²) < 4.78 is 1.95. The highest BCUT2D eigenvalue weighted by atomic mass is 16.3. The Balaban J connectivity index is 2.27. The zero-order chi connectivity index (χ0) is 9.97. The molecule has 1 atom stereocenters. The molecule has 0 fully saturated rings. The third-order valence-corrected chi connectivity index (χ3v) is 2.01. The van der Waals surface area contributed by atoms with E-state index in [4.69, 9.17) is 5.11 Å². The van der Waals surface area contributed by atoms with Crippen LogP contribution in [0.2, 0.25) is 0 Å². The van der Waals surface area contributed by atoms with Gasteiger partial charge in [0.2, 0.25) is 0 Å². The Kier molecular flexibility index (Phi) is 2.37.